The molecule has 0 aliphatic carbocycles. The first-order valence-corrected chi connectivity index (χ1v) is 12.9. The third-order valence-electron chi connectivity index (χ3n) is 6.30. The average molecular weight is 624 g/mol. The summed E-state index contributed by atoms with van der Waals surface area (Å²) < 4.78 is 87.1. The molecule has 14 heteroatoms. The lowest BCUT2D eigenvalue weighted by Crippen LogP contribution is -2.42. The monoisotopic (exact) mass is 623 g/mol. The van der Waals surface area contributed by atoms with Crippen molar-refractivity contribution in [3.63, 3.8) is 0 Å². The highest BCUT2D eigenvalue weighted by Crippen LogP contribution is 2.31. The standard InChI is InChI=1S/C28H28ClF6NO6/c1-15(2)21(25(39)27(30,31)32)13-23(38)24(16-7-9-20(41-3)10-8-16)36-26(40)18(14-42-28(33,34)35)12-22(37)17-5-4-6-19(29)11-17/h4-11,15,18,21,24H,12-14H2,1-3H3,(H,36,40)/t18-,21-,24-/m0/s1. The fraction of sp³-hybridized carbons (Fsp3) is 0.429. The van der Waals surface area contributed by atoms with Gasteiger partial charge in [0.05, 0.1) is 19.6 Å². The molecular weight excluding hydrogens is 596 g/mol. The summed E-state index contributed by atoms with van der Waals surface area (Å²) in [7, 11) is 1.34. The summed E-state index contributed by atoms with van der Waals surface area (Å²) in [4.78, 5) is 51.4. The average Bonchev–Trinajstić information content (AvgIpc) is 2.90. The highest BCUT2D eigenvalue weighted by atomic mass is 35.5. The molecule has 7 nitrogen and oxygen atoms in total. The number of methoxy groups -OCH3 is 1. The maximum Gasteiger partial charge on any atom is 0.522 e. The van der Waals surface area contributed by atoms with Gasteiger partial charge in [0.1, 0.15) is 11.8 Å². The Bertz CT molecular complexity index is 1260. The second-order valence-electron chi connectivity index (χ2n) is 9.69. The van der Waals surface area contributed by atoms with E-state index < -0.39 is 79.0 Å². The number of halogens is 7. The van der Waals surface area contributed by atoms with Gasteiger partial charge in [-0.3, -0.25) is 23.9 Å². The number of amides is 1. The Hall–Kier alpha value is -3.45. The fourth-order valence-corrected chi connectivity index (χ4v) is 4.20. The molecule has 0 aliphatic heterocycles. The van der Waals surface area contributed by atoms with Gasteiger partial charge in [-0.15, -0.1) is 13.2 Å². The maximum atomic E-state index is 13.3. The number of Topliss-reactive ketones (excluding diaryl/α,β-unsaturated/α-hetero) is 3. The predicted octanol–water partition coefficient (Wildman–Crippen LogP) is 6.29. The summed E-state index contributed by atoms with van der Waals surface area (Å²) in [6.45, 7) is 1.33. The van der Waals surface area contributed by atoms with Gasteiger partial charge in [0, 0.05) is 29.3 Å². The van der Waals surface area contributed by atoms with Crippen molar-refractivity contribution < 1.29 is 55.0 Å². The molecule has 0 aliphatic rings. The van der Waals surface area contributed by atoms with E-state index in [0.717, 1.165) is 0 Å². The molecule has 2 rings (SSSR count). The molecule has 0 bridgehead atoms. The van der Waals surface area contributed by atoms with Crippen molar-refractivity contribution in [3.8, 4) is 5.75 Å². The summed E-state index contributed by atoms with van der Waals surface area (Å²) in [5.41, 5.74) is 0.0494. The Balaban J connectivity index is 2.42. The fourth-order valence-electron chi connectivity index (χ4n) is 4.01. The molecule has 0 fully saturated rings. The quantitative estimate of drug-likeness (QED) is 0.196. The minimum absolute atomic E-state index is 0.000489. The SMILES string of the molecule is COc1ccc([C@H](NC(=O)[C@H](COC(F)(F)F)CC(=O)c2cccc(Cl)c2)C(=O)C[C@H](C(=O)C(F)(F)F)C(C)C)cc1. The normalized spacial score (nSPS) is 14.2. The summed E-state index contributed by atoms with van der Waals surface area (Å²) in [5, 5.41) is 2.41. The number of hydrogen-bond acceptors (Lipinski definition) is 6. The first kappa shape index (κ1) is 34.7. The van der Waals surface area contributed by atoms with Crippen LogP contribution in [-0.4, -0.2) is 49.5 Å². The zero-order valence-corrected chi connectivity index (χ0v) is 23.4. The summed E-state index contributed by atoms with van der Waals surface area (Å²) >= 11 is 5.87. The van der Waals surface area contributed by atoms with Crippen LogP contribution >= 0.6 is 11.6 Å². The third-order valence-corrected chi connectivity index (χ3v) is 6.53. The largest absolute Gasteiger partial charge is 0.522 e. The molecule has 0 heterocycles. The first-order valence-electron chi connectivity index (χ1n) is 12.5. The Kier molecular flexibility index (Phi) is 12.1. The molecule has 0 saturated carbocycles. The summed E-state index contributed by atoms with van der Waals surface area (Å²) in [6.07, 6.45) is -12.1. The highest BCUT2D eigenvalue weighted by Gasteiger charge is 2.45. The molecule has 2 aromatic carbocycles. The van der Waals surface area contributed by atoms with Crippen LogP contribution in [0.15, 0.2) is 48.5 Å². The molecule has 0 radical (unpaired) electrons. The first-order chi connectivity index (χ1) is 19.4. The maximum absolute atomic E-state index is 13.3. The molecule has 0 unspecified atom stereocenters. The van der Waals surface area contributed by atoms with E-state index in [1.807, 2.05) is 0 Å². The van der Waals surface area contributed by atoms with E-state index in [1.165, 1.54) is 69.5 Å². The number of alkyl halides is 6. The summed E-state index contributed by atoms with van der Waals surface area (Å²) in [6, 6.07) is 9.17. The molecule has 0 spiro atoms. The molecule has 1 amide bonds. The molecule has 42 heavy (non-hydrogen) atoms. The van der Waals surface area contributed by atoms with Crippen LogP contribution in [0.5, 0.6) is 5.75 Å². The van der Waals surface area contributed by atoms with E-state index in [1.54, 1.807) is 0 Å². The van der Waals surface area contributed by atoms with Gasteiger partial charge in [-0.25, -0.2) is 0 Å². The smallest absolute Gasteiger partial charge is 0.497 e. The number of ketones is 3. The lowest BCUT2D eigenvalue weighted by molar-refractivity contribution is -0.327. The van der Waals surface area contributed by atoms with Gasteiger partial charge in [0.25, 0.3) is 0 Å². The molecule has 0 aromatic heterocycles. The van der Waals surface area contributed by atoms with Crippen LogP contribution in [0.4, 0.5) is 26.3 Å². The second-order valence-corrected chi connectivity index (χ2v) is 10.1. The van der Waals surface area contributed by atoms with Crippen molar-refractivity contribution in [1.82, 2.24) is 5.32 Å². The van der Waals surface area contributed by atoms with E-state index in [2.05, 4.69) is 10.1 Å². The molecule has 230 valence electrons. The van der Waals surface area contributed by atoms with Crippen molar-refractivity contribution in [3.05, 3.63) is 64.7 Å². The van der Waals surface area contributed by atoms with E-state index >= 15 is 0 Å². The van der Waals surface area contributed by atoms with Crippen molar-refractivity contribution in [1.29, 1.82) is 0 Å². The number of carbonyl (C=O) groups is 4. The van der Waals surface area contributed by atoms with Gasteiger partial charge in [-0.2, -0.15) is 13.2 Å². The van der Waals surface area contributed by atoms with Gasteiger partial charge in [0.15, 0.2) is 11.6 Å². The van der Waals surface area contributed by atoms with Crippen LogP contribution in [0.1, 0.15) is 48.7 Å². The van der Waals surface area contributed by atoms with Crippen molar-refractivity contribution in [2.45, 2.75) is 45.3 Å². The van der Waals surface area contributed by atoms with Crippen molar-refractivity contribution >= 4 is 34.9 Å². The third kappa shape index (κ3) is 10.4. The summed E-state index contributed by atoms with van der Waals surface area (Å²) in [5.74, 6) is -9.27. The second kappa shape index (κ2) is 14.6. The lowest BCUT2D eigenvalue weighted by atomic mass is 9.84. The van der Waals surface area contributed by atoms with Crippen LogP contribution in [0, 0.1) is 17.8 Å². The lowest BCUT2D eigenvalue weighted by Gasteiger charge is -2.26. The van der Waals surface area contributed by atoms with E-state index in [-0.39, 0.29) is 16.1 Å². The Labute approximate surface area is 242 Å². The number of hydrogen-bond donors (Lipinski definition) is 1. The minimum Gasteiger partial charge on any atom is -0.497 e. The van der Waals surface area contributed by atoms with Gasteiger partial charge < -0.3 is 10.1 Å². The highest BCUT2D eigenvalue weighted by molar-refractivity contribution is 6.31. The number of benzene rings is 2. The number of carbonyl (C=O) groups excluding carboxylic acids is 4. The Morgan fingerprint density at radius 2 is 1.55 bits per heavy atom. The van der Waals surface area contributed by atoms with Crippen LogP contribution in [-0.2, 0) is 19.1 Å². The molecule has 0 saturated heterocycles. The van der Waals surface area contributed by atoms with E-state index in [9.17, 15) is 45.5 Å². The van der Waals surface area contributed by atoms with Crippen LogP contribution in [0.25, 0.3) is 0 Å². The van der Waals surface area contributed by atoms with Crippen molar-refractivity contribution in [2.75, 3.05) is 13.7 Å². The Morgan fingerprint density at radius 3 is 2.05 bits per heavy atom. The van der Waals surface area contributed by atoms with Gasteiger partial charge in [-0.05, 0) is 35.7 Å². The number of ether oxygens (including phenoxy) is 2. The molecular formula is C28H28ClF6NO6. The zero-order chi connectivity index (χ0) is 31.8. The van der Waals surface area contributed by atoms with E-state index in [0.29, 0.717) is 5.75 Å². The molecule has 1 N–H and O–H groups in total. The van der Waals surface area contributed by atoms with Gasteiger partial charge >= 0.3 is 12.5 Å². The van der Waals surface area contributed by atoms with Crippen LogP contribution < -0.4 is 10.1 Å². The van der Waals surface area contributed by atoms with Crippen molar-refractivity contribution in [2.24, 2.45) is 17.8 Å². The Morgan fingerprint density at radius 1 is 0.929 bits per heavy atom. The predicted molar refractivity (Wildman–Crippen MR) is 139 cm³/mol. The molecule has 3 atom stereocenters. The molecule has 2 aromatic rings. The van der Waals surface area contributed by atoms with Gasteiger partial charge in [0.2, 0.25) is 11.7 Å². The van der Waals surface area contributed by atoms with Crippen LogP contribution in [0.3, 0.4) is 0 Å². The van der Waals surface area contributed by atoms with Gasteiger partial charge in [-0.1, -0.05) is 49.7 Å². The van der Waals surface area contributed by atoms with E-state index in [4.69, 9.17) is 16.3 Å². The number of nitrogens with one attached hydrogen (secondary N) is 1. The zero-order valence-electron chi connectivity index (χ0n) is 22.6. The number of rotatable bonds is 14. The van der Waals surface area contributed by atoms with Crippen LogP contribution in [0.2, 0.25) is 5.02 Å². The minimum atomic E-state index is -5.23. The topological polar surface area (TPSA) is 98.8 Å².